The van der Waals surface area contributed by atoms with Crippen LogP contribution in [0, 0.1) is 0 Å². The summed E-state index contributed by atoms with van der Waals surface area (Å²) < 4.78 is 38.3. The first-order chi connectivity index (χ1) is 14.5. The largest absolute Gasteiger partial charge is 1.00 e. The number of anilines is 1. The monoisotopic (exact) mass is 519 g/mol. The number of esters is 1. The molecule has 32 heavy (non-hydrogen) atoms. The molecule has 1 saturated heterocycles. The Morgan fingerprint density at radius 1 is 1.41 bits per heavy atom. The van der Waals surface area contributed by atoms with Gasteiger partial charge in [-0.2, -0.15) is 0 Å². The van der Waals surface area contributed by atoms with Crippen LogP contribution in [0.5, 0.6) is 0 Å². The first-order valence-corrected chi connectivity index (χ1v) is 11.0. The molecule has 14 nitrogen and oxygen atoms in total. The standard InChI is InChI=1S/C14H16ClN5O9S2.Na/c1-3-29-13(24)10-9(12(23)20(10)31(25,26)27)18-11(22)8(19-28-2)6-5-30-14(16-6)17-7(21)4-15;/h5,9-10H,3-4H2,1-2H3,(H,18,22)(H,16,17,21)(H,25,26,27);/q;+1/p-1/t9-,10-;/m1./s1. The van der Waals surface area contributed by atoms with Gasteiger partial charge in [-0.1, -0.05) is 5.16 Å². The molecular weight excluding hydrogens is 505 g/mol. The average molecular weight is 520 g/mol. The minimum Gasteiger partial charge on any atom is -0.731 e. The summed E-state index contributed by atoms with van der Waals surface area (Å²) in [6, 6.07) is -3.58. The number of hydrogen-bond donors (Lipinski definition) is 2. The molecule has 1 aromatic rings. The summed E-state index contributed by atoms with van der Waals surface area (Å²) in [6.45, 7) is 1.26. The van der Waals surface area contributed by atoms with Crippen molar-refractivity contribution < 1.29 is 71.3 Å². The maximum Gasteiger partial charge on any atom is 1.00 e. The summed E-state index contributed by atoms with van der Waals surface area (Å²) >= 11 is 6.32. The normalized spacial score (nSPS) is 18.2. The van der Waals surface area contributed by atoms with Gasteiger partial charge in [-0.3, -0.25) is 14.4 Å². The van der Waals surface area contributed by atoms with E-state index in [1.807, 2.05) is 0 Å². The van der Waals surface area contributed by atoms with Gasteiger partial charge in [0, 0.05) is 5.38 Å². The average Bonchev–Trinajstić information content (AvgIpc) is 3.14. The minimum absolute atomic E-state index is 0. The molecule has 170 valence electrons. The summed E-state index contributed by atoms with van der Waals surface area (Å²) in [7, 11) is -4.20. The Hall–Kier alpha value is -1.82. The molecule has 18 heteroatoms. The van der Waals surface area contributed by atoms with Crippen LogP contribution >= 0.6 is 22.9 Å². The summed E-state index contributed by atoms with van der Waals surface area (Å²) in [6.07, 6.45) is 0. The number of thiazole rings is 1. The Balaban J connectivity index is 0.00000512. The number of carbonyl (C=O) groups excluding carboxylic acids is 4. The third-order valence-electron chi connectivity index (χ3n) is 3.62. The SMILES string of the molecule is CCOC(=O)[C@H]1[C@@H](NC(=O)C(=NOC)c2csc(NC(=O)CCl)n2)C(=O)N1S(=O)(=O)[O-].[Na+]. The third kappa shape index (κ3) is 6.37. The molecule has 1 aliphatic heterocycles. The molecule has 1 fully saturated rings. The summed E-state index contributed by atoms with van der Waals surface area (Å²) in [5.41, 5.74) is -0.522. The Bertz CT molecular complexity index is 1030. The Labute approximate surface area is 212 Å². The van der Waals surface area contributed by atoms with Crippen molar-refractivity contribution in [3.05, 3.63) is 11.1 Å². The van der Waals surface area contributed by atoms with Crippen LogP contribution in [-0.2, 0) is 39.1 Å². The fourth-order valence-electron chi connectivity index (χ4n) is 2.41. The van der Waals surface area contributed by atoms with Gasteiger partial charge in [0.1, 0.15) is 24.7 Å². The first-order valence-electron chi connectivity index (χ1n) is 8.24. The van der Waals surface area contributed by atoms with E-state index >= 15 is 0 Å². The second-order valence-electron chi connectivity index (χ2n) is 5.58. The summed E-state index contributed by atoms with van der Waals surface area (Å²) in [5.74, 6) is -4.47. The van der Waals surface area contributed by atoms with Gasteiger partial charge in [-0.05, 0) is 6.92 Å². The van der Waals surface area contributed by atoms with E-state index in [0.29, 0.717) is 0 Å². The topological polar surface area (TPSA) is 196 Å². The van der Waals surface area contributed by atoms with Crippen LogP contribution in [0.25, 0.3) is 0 Å². The third-order valence-corrected chi connectivity index (χ3v) is 5.51. The number of oxime groups is 1. The maximum atomic E-state index is 12.6. The van der Waals surface area contributed by atoms with Gasteiger partial charge in [0.05, 0.1) is 6.61 Å². The van der Waals surface area contributed by atoms with Crippen molar-refractivity contribution in [2.45, 2.75) is 19.0 Å². The number of halogens is 1. The molecule has 3 amide bonds. The van der Waals surface area contributed by atoms with E-state index in [4.69, 9.17) is 11.6 Å². The van der Waals surface area contributed by atoms with Crippen LogP contribution in [0.4, 0.5) is 5.13 Å². The van der Waals surface area contributed by atoms with E-state index in [-0.39, 0.29) is 57.2 Å². The zero-order valence-electron chi connectivity index (χ0n) is 16.9. The van der Waals surface area contributed by atoms with Crippen LogP contribution in [0.3, 0.4) is 0 Å². The maximum absolute atomic E-state index is 12.6. The Morgan fingerprint density at radius 3 is 2.59 bits per heavy atom. The minimum atomic E-state index is -5.32. The second kappa shape index (κ2) is 11.9. The van der Waals surface area contributed by atoms with Gasteiger partial charge < -0.3 is 24.8 Å². The van der Waals surface area contributed by atoms with E-state index in [1.165, 1.54) is 12.3 Å². The molecular formula is C14H15ClN5NaO9S2. The second-order valence-corrected chi connectivity index (χ2v) is 7.96. The molecule has 0 saturated carbocycles. The van der Waals surface area contributed by atoms with Crippen molar-refractivity contribution >= 4 is 67.8 Å². The van der Waals surface area contributed by atoms with Crippen molar-refractivity contribution in [1.29, 1.82) is 0 Å². The van der Waals surface area contributed by atoms with Crippen LogP contribution < -0.4 is 40.2 Å². The molecule has 2 heterocycles. The molecule has 2 N–H and O–H groups in total. The number of carbonyl (C=O) groups is 4. The smallest absolute Gasteiger partial charge is 0.731 e. The van der Waals surface area contributed by atoms with Crippen molar-refractivity contribution in [1.82, 2.24) is 14.6 Å². The van der Waals surface area contributed by atoms with Crippen molar-refractivity contribution in [3.8, 4) is 0 Å². The number of alkyl halides is 1. The number of amides is 3. The van der Waals surface area contributed by atoms with Crippen LogP contribution in [0.15, 0.2) is 10.5 Å². The molecule has 1 aliphatic rings. The zero-order chi connectivity index (χ0) is 23.3. The van der Waals surface area contributed by atoms with E-state index < -0.39 is 51.8 Å². The predicted molar refractivity (Wildman–Crippen MR) is 104 cm³/mol. The van der Waals surface area contributed by atoms with Crippen molar-refractivity contribution in [3.63, 3.8) is 0 Å². The van der Waals surface area contributed by atoms with E-state index in [2.05, 4.69) is 30.3 Å². The van der Waals surface area contributed by atoms with Crippen LogP contribution in [0.1, 0.15) is 12.6 Å². The van der Waals surface area contributed by atoms with Gasteiger partial charge in [-0.15, -0.1) is 22.9 Å². The van der Waals surface area contributed by atoms with Crippen molar-refractivity contribution in [2.75, 3.05) is 24.9 Å². The van der Waals surface area contributed by atoms with Gasteiger partial charge in [0.25, 0.3) is 11.8 Å². The zero-order valence-corrected chi connectivity index (χ0v) is 21.2. The molecule has 0 aliphatic carbocycles. The molecule has 0 bridgehead atoms. The summed E-state index contributed by atoms with van der Waals surface area (Å²) in [4.78, 5) is 56.7. The molecule has 2 rings (SSSR count). The molecule has 2 atom stereocenters. The number of aromatic nitrogens is 1. The first kappa shape index (κ1) is 28.2. The van der Waals surface area contributed by atoms with E-state index in [9.17, 15) is 32.1 Å². The molecule has 0 aromatic carbocycles. The number of β-lactam (4-membered cyclic amide) rings is 1. The summed E-state index contributed by atoms with van der Waals surface area (Å²) in [5, 5.41) is 9.40. The molecule has 0 unspecified atom stereocenters. The fraction of sp³-hybridized carbons (Fsp3) is 0.429. The van der Waals surface area contributed by atoms with Gasteiger partial charge in [-0.25, -0.2) is 22.5 Å². The number of nitrogens with one attached hydrogen (secondary N) is 2. The van der Waals surface area contributed by atoms with Gasteiger partial charge >= 0.3 is 35.5 Å². The van der Waals surface area contributed by atoms with E-state index in [1.54, 1.807) is 0 Å². The number of ether oxygens (including phenoxy) is 1. The van der Waals surface area contributed by atoms with Crippen molar-refractivity contribution in [2.24, 2.45) is 5.16 Å². The van der Waals surface area contributed by atoms with Gasteiger partial charge in [0.2, 0.25) is 5.91 Å². The quantitative estimate of drug-likeness (QED) is 0.0609. The van der Waals surface area contributed by atoms with Crippen LogP contribution in [-0.4, -0.2) is 83.3 Å². The molecule has 1 aromatic heterocycles. The number of rotatable bonds is 9. The molecule has 0 spiro atoms. The van der Waals surface area contributed by atoms with Gasteiger partial charge in [0.15, 0.2) is 27.2 Å². The predicted octanol–water partition coefficient (Wildman–Crippen LogP) is -4.61. The Kier molecular flexibility index (Phi) is 10.5. The Morgan fingerprint density at radius 2 is 2.06 bits per heavy atom. The number of nitrogens with zero attached hydrogens (tertiary/aromatic N) is 3. The number of hydrogen-bond acceptors (Lipinski definition) is 12. The fourth-order valence-corrected chi connectivity index (χ4v) is 4.01. The molecule has 0 radical (unpaired) electrons. The van der Waals surface area contributed by atoms with E-state index in [0.717, 1.165) is 18.4 Å². The van der Waals surface area contributed by atoms with Crippen LogP contribution in [0.2, 0.25) is 0 Å².